The molecule has 4 heterocycles. The van der Waals surface area contributed by atoms with Gasteiger partial charge in [0.1, 0.15) is 17.1 Å². The SMILES string of the molecule is COc1ccc2c(c1CN1CCN(C(=O)OC(C)(C)C)C[C@@H]1C)O/C(=C\c1n[nH]c3ncccc13)C2=O. The van der Waals surface area contributed by atoms with Crippen LogP contribution < -0.4 is 9.47 Å². The number of ketones is 1. The van der Waals surface area contributed by atoms with Gasteiger partial charge in [0.15, 0.2) is 11.4 Å². The summed E-state index contributed by atoms with van der Waals surface area (Å²) in [4.78, 5) is 34.0. The minimum Gasteiger partial charge on any atom is -0.496 e. The summed E-state index contributed by atoms with van der Waals surface area (Å²) < 4.78 is 17.3. The van der Waals surface area contributed by atoms with Crippen LogP contribution in [0.3, 0.4) is 0 Å². The van der Waals surface area contributed by atoms with Crippen LogP contribution in [-0.2, 0) is 11.3 Å². The molecule has 0 spiro atoms. The van der Waals surface area contributed by atoms with E-state index in [9.17, 15) is 9.59 Å². The number of pyridine rings is 1. The lowest BCUT2D eigenvalue weighted by Gasteiger charge is -2.40. The first-order valence-corrected chi connectivity index (χ1v) is 12.3. The molecule has 3 aromatic rings. The summed E-state index contributed by atoms with van der Waals surface area (Å²) >= 11 is 0. The van der Waals surface area contributed by atoms with Crippen molar-refractivity contribution in [1.29, 1.82) is 0 Å². The number of rotatable bonds is 4. The van der Waals surface area contributed by atoms with Gasteiger partial charge < -0.3 is 19.1 Å². The number of amides is 1. The number of nitrogens with zero attached hydrogens (tertiary/aromatic N) is 4. The van der Waals surface area contributed by atoms with Crippen molar-refractivity contribution < 1.29 is 23.8 Å². The Bertz CT molecular complexity index is 1390. The van der Waals surface area contributed by atoms with Crippen molar-refractivity contribution in [1.82, 2.24) is 25.0 Å². The summed E-state index contributed by atoms with van der Waals surface area (Å²) in [6.07, 6.45) is 3.01. The third-order valence-corrected chi connectivity index (χ3v) is 6.53. The van der Waals surface area contributed by atoms with E-state index in [1.165, 1.54) is 0 Å². The first-order valence-electron chi connectivity index (χ1n) is 12.3. The van der Waals surface area contributed by atoms with Gasteiger partial charge in [0.25, 0.3) is 0 Å². The Labute approximate surface area is 215 Å². The van der Waals surface area contributed by atoms with Crippen molar-refractivity contribution in [3.05, 3.63) is 53.0 Å². The number of carbonyl (C=O) groups is 2. The molecule has 2 aliphatic rings. The highest BCUT2D eigenvalue weighted by atomic mass is 16.6. The molecular formula is C27H31N5O5. The van der Waals surface area contributed by atoms with E-state index in [4.69, 9.17) is 14.2 Å². The van der Waals surface area contributed by atoms with Gasteiger partial charge in [-0.05, 0) is 52.0 Å². The topological polar surface area (TPSA) is 110 Å². The number of aromatic amines is 1. The van der Waals surface area contributed by atoms with E-state index in [1.54, 1.807) is 36.4 Å². The molecule has 194 valence electrons. The second kappa shape index (κ2) is 9.51. The second-order valence-electron chi connectivity index (χ2n) is 10.3. The molecule has 1 fully saturated rings. The number of methoxy groups -OCH3 is 1. The molecule has 0 saturated carbocycles. The van der Waals surface area contributed by atoms with Gasteiger partial charge in [-0.25, -0.2) is 9.78 Å². The maximum atomic E-state index is 13.2. The summed E-state index contributed by atoms with van der Waals surface area (Å²) in [5, 5.41) is 7.96. The predicted molar refractivity (Wildman–Crippen MR) is 137 cm³/mol. The molecule has 1 N–H and O–H groups in total. The molecule has 0 radical (unpaired) electrons. The molecule has 0 aliphatic carbocycles. The Kier molecular flexibility index (Phi) is 6.36. The molecule has 10 nitrogen and oxygen atoms in total. The number of allylic oxidation sites excluding steroid dienone is 1. The largest absolute Gasteiger partial charge is 0.496 e. The highest BCUT2D eigenvalue weighted by Crippen LogP contribution is 2.41. The van der Waals surface area contributed by atoms with Gasteiger partial charge in [-0.1, -0.05) is 0 Å². The van der Waals surface area contributed by atoms with Crippen LogP contribution in [0.15, 0.2) is 36.2 Å². The predicted octanol–water partition coefficient (Wildman–Crippen LogP) is 4.02. The van der Waals surface area contributed by atoms with Crippen molar-refractivity contribution in [3.63, 3.8) is 0 Å². The number of benzene rings is 1. The fraction of sp³-hybridized carbons (Fsp3) is 0.407. The molecule has 37 heavy (non-hydrogen) atoms. The van der Waals surface area contributed by atoms with Crippen molar-refractivity contribution in [2.45, 2.75) is 45.9 Å². The summed E-state index contributed by atoms with van der Waals surface area (Å²) in [5.74, 6) is 1.13. The monoisotopic (exact) mass is 505 g/mol. The molecule has 1 saturated heterocycles. The van der Waals surface area contributed by atoms with E-state index in [0.717, 1.165) is 10.9 Å². The van der Waals surface area contributed by atoms with Crippen LogP contribution in [0.5, 0.6) is 11.5 Å². The molecule has 10 heteroatoms. The Hall–Kier alpha value is -3.92. The van der Waals surface area contributed by atoms with Crippen LogP contribution in [0, 0.1) is 0 Å². The number of fused-ring (bicyclic) bond motifs is 2. The molecule has 2 aliphatic heterocycles. The van der Waals surface area contributed by atoms with E-state index in [1.807, 2.05) is 32.9 Å². The van der Waals surface area contributed by atoms with Crippen LogP contribution in [-0.4, -0.2) is 75.2 Å². The molecule has 0 unspecified atom stereocenters. The van der Waals surface area contributed by atoms with Gasteiger partial charge in [-0.2, -0.15) is 5.10 Å². The van der Waals surface area contributed by atoms with Crippen LogP contribution in [0.4, 0.5) is 4.79 Å². The van der Waals surface area contributed by atoms with Gasteiger partial charge in [-0.3, -0.25) is 14.8 Å². The van der Waals surface area contributed by atoms with Crippen LogP contribution in [0.1, 0.15) is 49.3 Å². The molecule has 5 rings (SSSR count). The van der Waals surface area contributed by atoms with Crippen LogP contribution in [0.2, 0.25) is 0 Å². The third-order valence-electron chi connectivity index (χ3n) is 6.53. The van der Waals surface area contributed by atoms with E-state index in [0.29, 0.717) is 54.6 Å². The molecule has 2 aromatic heterocycles. The number of H-pyrrole nitrogens is 1. The van der Waals surface area contributed by atoms with Gasteiger partial charge in [0.2, 0.25) is 5.78 Å². The number of ether oxygens (including phenoxy) is 3. The van der Waals surface area contributed by atoms with E-state index >= 15 is 0 Å². The maximum absolute atomic E-state index is 13.2. The number of piperazine rings is 1. The molecule has 1 atom stereocenters. The molecular weight excluding hydrogens is 474 g/mol. The third kappa shape index (κ3) is 4.89. The van der Waals surface area contributed by atoms with E-state index in [-0.39, 0.29) is 23.7 Å². The fourth-order valence-electron chi connectivity index (χ4n) is 4.66. The Balaban J connectivity index is 1.38. The van der Waals surface area contributed by atoms with Crippen molar-refractivity contribution in [2.75, 3.05) is 26.7 Å². The fourth-order valence-corrected chi connectivity index (χ4v) is 4.66. The second-order valence-corrected chi connectivity index (χ2v) is 10.3. The standard InChI is InChI=1S/C27H31N5O5/c1-16-14-32(26(34)37-27(2,3)4)12-11-31(16)15-19-21(35-5)9-8-18-23(33)22(36-24(18)19)13-20-17-7-6-10-28-25(17)30-29-20/h6-10,13,16H,11-12,14-15H2,1-5H3,(H,28,29,30)/b22-13-/t16-/m0/s1. The summed E-state index contributed by atoms with van der Waals surface area (Å²) in [7, 11) is 1.60. The van der Waals surface area contributed by atoms with E-state index < -0.39 is 5.60 Å². The van der Waals surface area contributed by atoms with Crippen LogP contribution in [0.25, 0.3) is 17.1 Å². The number of aromatic nitrogens is 3. The average molecular weight is 506 g/mol. The number of hydrogen-bond acceptors (Lipinski definition) is 8. The van der Waals surface area contributed by atoms with Gasteiger partial charge in [-0.15, -0.1) is 0 Å². The normalized spacial score (nSPS) is 19.3. The van der Waals surface area contributed by atoms with Crippen LogP contribution >= 0.6 is 0 Å². The maximum Gasteiger partial charge on any atom is 0.410 e. The van der Waals surface area contributed by atoms with Crippen molar-refractivity contribution in [3.8, 4) is 11.5 Å². The summed E-state index contributed by atoms with van der Waals surface area (Å²) in [6.45, 7) is 9.90. The minimum absolute atomic E-state index is 0.0665. The lowest BCUT2D eigenvalue weighted by Crippen LogP contribution is -2.54. The zero-order chi connectivity index (χ0) is 26.3. The lowest BCUT2D eigenvalue weighted by atomic mass is 10.0. The molecule has 0 bridgehead atoms. The number of carbonyl (C=O) groups excluding carboxylic acids is 2. The van der Waals surface area contributed by atoms with Crippen molar-refractivity contribution in [2.24, 2.45) is 0 Å². The Morgan fingerprint density at radius 3 is 2.81 bits per heavy atom. The number of Topliss-reactive ketones (excluding diaryl/α,β-unsaturated/α-hetero) is 1. The first kappa shape index (κ1) is 24.8. The minimum atomic E-state index is -0.538. The Morgan fingerprint density at radius 2 is 2.08 bits per heavy atom. The van der Waals surface area contributed by atoms with Gasteiger partial charge in [0.05, 0.1) is 23.9 Å². The zero-order valence-corrected chi connectivity index (χ0v) is 21.7. The summed E-state index contributed by atoms with van der Waals surface area (Å²) in [5.41, 5.74) is 1.96. The summed E-state index contributed by atoms with van der Waals surface area (Å²) in [6, 6.07) is 7.30. The zero-order valence-electron chi connectivity index (χ0n) is 21.7. The highest BCUT2D eigenvalue weighted by molar-refractivity contribution is 6.15. The molecule has 1 amide bonds. The van der Waals surface area contributed by atoms with Gasteiger partial charge in [0, 0.05) is 49.9 Å². The van der Waals surface area contributed by atoms with Crippen molar-refractivity contribution >= 4 is 29.0 Å². The average Bonchev–Trinajstić information content (AvgIpc) is 3.40. The van der Waals surface area contributed by atoms with E-state index in [2.05, 4.69) is 27.0 Å². The molecule has 1 aromatic carbocycles. The quantitative estimate of drug-likeness (QED) is 0.530. The Morgan fingerprint density at radius 1 is 1.27 bits per heavy atom. The first-order chi connectivity index (χ1) is 17.6. The number of hydrogen-bond donors (Lipinski definition) is 1. The van der Waals surface area contributed by atoms with Gasteiger partial charge >= 0.3 is 6.09 Å². The lowest BCUT2D eigenvalue weighted by molar-refractivity contribution is 0.00442. The highest BCUT2D eigenvalue weighted by Gasteiger charge is 2.35. The smallest absolute Gasteiger partial charge is 0.410 e. The number of nitrogens with one attached hydrogen (secondary N) is 1.